The lowest BCUT2D eigenvalue weighted by Gasteiger charge is -1.96. The summed E-state index contributed by atoms with van der Waals surface area (Å²) in [6.07, 6.45) is 3.14. The Morgan fingerprint density at radius 3 is 2.86 bits per heavy atom. The molecular weight excluding hydrogens is 202 g/mol. The molecule has 0 saturated heterocycles. The minimum absolute atomic E-state index is 0.662. The number of hydrogen-bond acceptors (Lipinski definition) is 3. The Kier molecular flexibility index (Phi) is 2.29. The fraction of sp³-hybridized carbons (Fsp3) is 0.333. The number of rotatable bonds is 2. The van der Waals surface area contributed by atoms with Crippen molar-refractivity contribution in [3.8, 4) is 11.3 Å². The summed E-state index contributed by atoms with van der Waals surface area (Å²) >= 11 is 6.13. The van der Waals surface area contributed by atoms with Gasteiger partial charge in [-0.2, -0.15) is 5.10 Å². The van der Waals surface area contributed by atoms with Gasteiger partial charge in [-0.15, -0.1) is 0 Å². The van der Waals surface area contributed by atoms with Crippen molar-refractivity contribution >= 4 is 11.6 Å². The van der Waals surface area contributed by atoms with E-state index in [4.69, 9.17) is 16.1 Å². The van der Waals surface area contributed by atoms with Gasteiger partial charge in [0.2, 0.25) is 0 Å². The van der Waals surface area contributed by atoms with Crippen molar-refractivity contribution in [2.45, 2.75) is 20.4 Å². The standard InChI is InChI=1S/C9H10ClN3O/c1-3-13-6(2)8(10)9(12-13)7-4-11-14-5-7/h4-5H,3H2,1-2H3. The molecule has 0 aromatic carbocycles. The van der Waals surface area contributed by atoms with E-state index in [1.165, 1.54) is 6.26 Å². The van der Waals surface area contributed by atoms with E-state index >= 15 is 0 Å². The van der Waals surface area contributed by atoms with Crippen molar-refractivity contribution in [1.82, 2.24) is 14.9 Å². The normalized spacial score (nSPS) is 10.8. The van der Waals surface area contributed by atoms with Crippen LogP contribution in [-0.2, 0) is 6.54 Å². The average Bonchev–Trinajstić information content (AvgIpc) is 2.78. The van der Waals surface area contributed by atoms with Crippen molar-refractivity contribution in [2.24, 2.45) is 0 Å². The van der Waals surface area contributed by atoms with Crippen LogP contribution in [0.3, 0.4) is 0 Å². The third-order valence-corrected chi connectivity index (χ3v) is 2.59. The number of aryl methyl sites for hydroxylation is 1. The first-order valence-corrected chi connectivity index (χ1v) is 4.74. The zero-order chi connectivity index (χ0) is 10.1. The van der Waals surface area contributed by atoms with Crippen molar-refractivity contribution in [3.05, 3.63) is 23.2 Å². The van der Waals surface area contributed by atoms with Crippen LogP contribution in [0.5, 0.6) is 0 Å². The Bertz CT molecular complexity index is 433. The maximum Gasteiger partial charge on any atom is 0.133 e. The summed E-state index contributed by atoms with van der Waals surface area (Å²) in [7, 11) is 0. The lowest BCUT2D eigenvalue weighted by atomic mass is 10.2. The minimum atomic E-state index is 0.662. The quantitative estimate of drug-likeness (QED) is 0.767. The molecule has 0 atom stereocenters. The summed E-state index contributed by atoms with van der Waals surface area (Å²) in [4.78, 5) is 0. The first-order valence-electron chi connectivity index (χ1n) is 4.36. The molecule has 0 aliphatic carbocycles. The van der Waals surface area contributed by atoms with Crippen LogP contribution in [0.25, 0.3) is 11.3 Å². The molecule has 0 aliphatic rings. The van der Waals surface area contributed by atoms with Gasteiger partial charge in [-0.1, -0.05) is 16.8 Å². The van der Waals surface area contributed by atoms with Gasteiger partial charge in [-0.3, -0.25) is 4.68 Å². The average molecular weight is 212 g/mol. The van der Waals surface area contributed by atoms with Crippen molar-refractivity contribution < 1.29 is 4.52 Å². The van der Waals surface area contributed by atoms with E-state index in [1.54, 1.807) is 6.20 Å². The van der Waals surface area contributed by atoms with Gasteiger partial charge in [0.05, 0.1) is 22.5 Å². The van der Waals surface area contributed by atoms with Gasteiger partial charge < -0.3 is 4.52 Å². The highest BCUT2D eigenvalue weighted by Crippen LogP contribution is 2.29. The van der Waals surface area contributed by atoms with Crippen LogP contribution in [-0.4, -0.2) is 14.9 Å². The maximum absolute atomic E-state index is 6.13. The largest absolute Gasteiger partial charge is 0.364 e. The van der Waals surface area contributed by atoms with Gasteiger partial charge in [0, 0.05) is 6.54 Å². The molecule has 0 unspecified atom stereocenters. The molecule has 4 nitrogen and oxygen atoms in total. The van der Waals surface area contributed by atoms with Crippen LogP contribution in [0.15, 0.2) is 17.0 Å². The Labute approximate surface area is 86.5 Å². The van der Waals surface area contributed by atoms with E-state index < -0.39 is 0 Å². The lowest BCUT2D eigenvalue weighted by Crippen LogP contribution is -1.98. The summed E-state index contributed by atoms with van der Waals surface area (Å²) in [5.74, 6) is 0. The Morgan fingerprint density at radius 1 is 1.57 bits per heavy atom. The van der Waals surface area contributed by atoms with Crippen LogP contribution in [0.4, 0.5) is 0 Å². The van der Waals surface area contributed by atoms with Crippen LogP contribution in [0, 0.1) is 6.92 Å². The minimum Gasteiger partial charge on any atom is -0.364 e. The van der Waals surface area contributed by atoms with E-state index in [2.05, 4.69) is 10.3 Å². The molecule has 2 heterocycles. The van der Waals surface area contributed by atoms with Crippen molar-refractivity contribution in [2.75, 3.05) is 0 Å². The summed E-state index contributed by atoms with van der Waals surface area (Å²) in [5.41, 5.74) is 2.50. The molecule has 0 N–H and O–H groups in total. The van der Waals surface area contributed by atoms with Gasteiger partial charge in [-0.25, -0.2) is 0 Å². The monoisotopic (exact) mass is 211 g/mol. The second-order valence-electron chi connectivity index (χ2n) is 2.98. The Hall–Kier alpha value is -1.29. The molecule has 5 heteroatoms. The zero-order valence-corrected chi connectivity index (χ0v) is 8.75. The summed E-state index contributed by atoms with van der Waals surface area (Å²) < 4.78 is 6.60. The van der Waals surface area contributed by atoms with Gasteiger partial charge in [0.15, 0.2) is 0 Å². The highest BCUT2D eigenvalue weighted by molar-refractivity contribution is 6.33. The molecule has 2 aromatic rings. The number of halogens is 1. The molecule has 0 fully saturated rings. The second-order valence-corrected chi connectivity index (χ2v) is 3.35. The van der Waals surface area contributed by atoms with Crippen LogP contribution in [0.1, 0.15) is 12.6 Å². The molecule has 14 heavy (non-hydrogen) atoms. The molecule has 2 aromatic heterocycles. The number of hydrogen-bond donors (Lipinski definition) is 0. The molecule has 0 aliphatic heterocycles. The third-order valence-electron chi connectivity index (χ3n) is 2.14. The molecule has 74 valence electrons. The highest BCUT2D eigenvalue weighted by atomic mass is 35.5. The summed E-state index contributed by atoms with van der Waals surface area (Å²) in [6.45, 7) is 4.76. The highest BCUT2D eigenvalue weighted by Gasteiger charge is 2.14. The SMILES string of the molecule is CCn1nc(-c2cnoc2)c(Cl)c1C. The Morgan fingerprint density at radius 2 is 2.36 bits per heavy atom. The smallest absolute Gasteiger partial charge is 0.133 e. The molecule has 0 saturated carbocycles. The van der Waals surface area contributed by atoms with Crippen LogP contribution >= 0.6 is 11.6 Å². The lowest BCUT2D eigenvalue weighted by molar-refractivity contribution is 0.420. The fourth-order valence-electron chi connectivity index (χ4n) is 1.34. The van der Waals surface area contributed by atoms with E-state index in [1.807, 2.05) is 18.5 Å². The van der Waals surface area contributed by atoms with E-state index in [0.29, 0.717) is 5.02 Å². The molecule has 0 spiro atoms. The van der Waals surface area contributed by atoms with E-state index in [9.17, 15) is 0 Å². The third kappa shape index (κ3) is 1.32. The second kappa shape index (κ2) is 3.46. The van der Waals surface area contributed by atoms with E-state index in [-0.39, 0.29) is 0 Å². The zero-order valence-electron chi connectivity index (χ0n) is 7.99. The Balaban J connectivity index is 2.55. The van der Waals surface area contributed by atoms with Crippen molar-refractivity contribution in [1.29, 1.82) is 0 Å². The van der Waals surface area contributed by atoms with Gasteiger partial charge in [-0.05, 0) is 13.8 Å². The van der Waals surface area contributed by atoms with E-state index in [0.717, 1.165) is 23.5 Å². The molecule has 0 amide bonds. The number of aromatic nitrogens is 3. The predicted molar refractivity (Wildman–Crippen MR) is 53.1 cm³/mol. The van der Waals surface area contributed by atoms with Gasteiger partial charge in [0.25, 0.3) is 0 Å². The number of nitrogens with zero attached hydrogens (tertiary/aromatic N) is 3. The topological polar surface area (TPSA) is 43.9 Å². The van der Waals surface area contributed by atoms with Gasteiger partial charge >= 0.3 is 0 Å². The van der Waals surface area contributed by atoms with Crippen LogP contribution < -0.4 is 0 Å². The predicted octanol–water partition coefficient (Wildman–Crippen LogP) is 2.52. The summed E-state index contributed by atoms with van der Waals surface area (Å²) in [6, 6.07) is 0. The van der Waals surface area contributed by atoms with Crippen molar-refractivity contribution in [3.63, 3.8) is 0 Å². The molecule has 2 rings (SSSR count). The fourth-order valence-corrected chi connectivity index (χ4v) is 1.58. The molecular formula is C9H10ClN3O. The first-order chi connectivity index (χ1) is 6.74. The van der Waals surface area contributed by atoms with Gasteiger partial charge in [0.1, 0.15) is 12.0 Å². The molecule has 0 bridgehead atoms. The van der Waals surface area contributed by atoms with Crippen LogP contribution in [0.2, 0.25) is 5.02 Å². The maximum atomic E-state index is 6.13. The first kappa shape index (κ1) is 9.27. The summed E-state index contributed by atoms with van der Waals surface area (Å²) in [5, 5.41) is 8.64. The molecule has 0 radical (unpaired) electrons.